The van der Waals surface area contributed by atoms with Gasteiger partial charge < -0.3 is 10.6 Å². The van der Waals surface area contributed by atoms with E-state index in [9.17, 15) is 0 Å². The Kier molecular flexibility index (Phi) is 5.67. The molecule has 2 heteroatoms. The van der Waals surface area contributed by atoms with Gasteiger partial charge in [-0.2, -0.15) is 0 Å². The van der Waals surface area contributed by atoms with E-state index in [0.717, 1.165) is 12.8 Å². The summed E-state index contributed by atoms with van der Waals surface area (Å²) in [5.74, 6) is 0. The molecule has 0 aromatic heterocycles. The van der Waals surface area contributed by atoms with Crippen molar-refractivity contribution in [2.75, 3.05) is 11.9 Å². The topological polar surface area (TPSA) is 29.3 Å². The van der Waals surface area contributed by atoms with Crippen molar-refractivity contribution in [3.05, 3.63) is 29.3 Å². The van der Waals surface area contributed by atoms with Crippen molar-refractivity contribution in [1.82, 2.24) is 0 Å². The number of nitrogens with zero attached hydrogens (tertiary/aromatic N) is 1. The molecule has 0 aliphatic heterocycles. The van der Waals surface area contributed by atoms with Gasteiger partial charge >= 0.3 is 0 Å². The molecule has 0 saturated heterocycles. The van der Waals surface area contributed by atoms with E-state index >= 15 is 0 Å². The molecule has 2 atom stereocenters. The van der Waals surface area contributed by atoms with Gasteiger partial charge in [0.15, 0.2) is 0 Å². The molecule has 0 heterocycles. The van der Waals surface area contributed by atoms with Crippen LogP contribution in [0, 0.1) is 6.92 Å². The summed E-state index contributed by atoms with van der Waals surface area (Å²) in [5.41, 5.74) is 10.0. The van der Waals surface area contributed by atoms with E-state index in [0.29, 0.717) is 6.04 Å². The van der Waals surface area contributed by atoms with Crippen LogP contribution in [0.25, 0.3) is 0 Å². The lowest BCUT2D eigenvalue weighted by atomic mass is 10.0. The maximum Gasteiger partial charge on any atom is 0.0395 e. The zero-order chi connectivity index (χ0) is 13.7. The molecular weight excluding hydrogens is 220 g/mol. The van der Waals surface area contributed by atoms with Crippen molar-refractivity contribution in [2.24, 2.45) is 5.73 Å². The van der Waals surface area contributed by atoms with Crippen molar-refractivity contribution in [2.45, 2.75) is 59.0 Å². The molecule has 1 aromatic carbocycles. The fourth-order valence-electron chi connectivity index (χ4n) is 2.20. The SMILES string of the molecule is CCC(N)Cc1ccc(N(C)C(C)CC)c(C)c1. The van der Waals surface area contributed by atoms with Crippen LogP contribution in [0.2, 0.25) is 0 Å². The van der Waals surface area contributed by atoms with Crippen LogP contribution in [0.15, 0.2) is 18.2 Å². The molecule has 0 aliphatic rings. The molecule has 18 heavy (non-hydrogen) atoms. The summed E-state index contributed by atoms with van der Waals surface area (Å²) in [4.78, 5) is 2.36. The second-order valence-corrected chi connectivity index (χ2v) is 5.36. The highest BCUT2D eigenvalue weighted by Gasteiger charge is 2.11. The normalized spacial score (nSPS) is 14.3. The molecule has 0 aliphatic carbocycles. The van der Waals surface area contributed by atoms with Crippen molar-refractivity contribution >= 4 is 5.69 Å². The van der Waals surface area contributed by atoms with Gasteiger partial charge in [0.05, 0.1) is 0 Å². The van der Waals surface area contributed by atoms with Gasteiger partial charge in [-0.15, -0.1) is 0 Å². The molecule has 0 fully saturated rings. The van der Waals surface area contributed by atoms with Crippen LogP contribution in [0.3, 0.4) is 0 Å². The fourth-order valence-corrected chi connectivity index (χ4v) is 2.20. The van der Waals surface area contributed by atoms with E-state index in [2.05, 4.69) is 57.8 Å². The molecule has 1 aromatic rings. The molecule has 2 unspecified atom stereocenters. The highest BCUT2D eigenvalue weighted by atomic mass is 15.1. The Bertz CT molecular complexity index is 373. The average Bonchev–Trinajstić information content (AvgIpc) is 2.37. The molecule has 0 spiro atoms. The standard InChI is InChI=1S/C16H28N2/c1-6-13(4)18(5)16-9-8-14(10-12(16)3)11-15(17)7-2/h8-10,13,15H,6-7,11,17H2,1-5H3. The average molecular weight is 248 g/mol. The zero-order valence-electron chi connectivity index (χ0n) is 12.5. The third kappa shape index (κ3) is 3.74. The van der Waals surface area contributed by atoms with Crippen LogP contribution in [-0.2, 0) is 6.42 Å². The summed E-state index contributed by atoms with van der Waals surface area (Å²) in [6.07, 6.45) is 3.18. The van der Waals surface area contributed by atoms with Crippen LogP contribution < -0.4 is 10.6 Å². The van der Waals surface area contributed by atoms with E-state index in [1.165, 1.54) is 23.2 Å². The Morgan fingerprint density at radius 3 is 2.39 bits per heavy atom. The van der Waals surface area contributed by atoms with E-state index in [4.69, 9.17) is 5.73 Å². The van der Waals surface area contributed by atoms with E-state index in [-0.39, 0.29) is 6.04 Å². The fraction of sp³-hybridized carbons (Fsp3) is 0.625. The molecule has 102 valence electrons. The third-order valence-electron chi connectivity index (χ3n) is 3.92. The largest absolute Gasteiger partial charge is 0.372 e. The summed E-state index contributed by atoms with van der Waals surface area (Å²) in [7, 11) is 2.17. The zero-order valence-corrected chi connectivity index (χ0v) is 12.5. The first-order valence-corrected chi connectivity index (χ1v) is 7.07. The van der Waals surface area contributed by atoms with Gasteiger partial charge in [-0.3, -0.25) is 0 Å². The summed E-state index contributed by atoms with van der Waals surface area (Å²) in [6.45, 7) is 8.82. The first-order chi connectivity index (χ1) is 8.49. The maximum atomic E-state index is 6.01. The first-order valence-electron chi connectivity index (χ1n) is 7.07. The van der Waals surface area contributed by atoms with Gasteiger partial charge in [0.2, 0.25) is 0 Å². The molecule has 1 rings (SSSR count). The lowest BCUT2D eigenvalue weighted by Gasteiger charge is -2.28. The second-order valence-electron chi connectivity index (χ2n) is 5.36. The van der Waals surface area contributed by atoms with Crippen molar-refractivity contribution in [3.8, 4) is 0 Å². The van der Waals surface area contributed by atoms with Crippen molar-refractivity contribution in [3.63, 3.8) is 0 Å². The van der Waals surface area contributed by atoms with E-state index in [1.54, 1.807) is 0 Å². The van der Waals surface area contributed by atoms with Gasteiger partial charge in [0.25, 0.3) is 0 Å². The lowest BCUT2D eigenvalue weighted by molar-refractivity contribution is 0.645. The van der Waals surface area contributed by atoms with Crippen LogP contribution in [-0.4, -0.2) is 19.1 Å². The molecule has 2 nitrogen and oxygen atoms in total. The molecule has 2 N–H and O–H groups in total. The predicted molar refractivity (Wildman–Crippen MR) is 81.3 cm³/mol. The summed E-state index contributed by atoms with van der Waals surface area (Å²) in [6, 6.07) is 7.59. The van der Waals surface area contributed by atoms with Gasteiger partial charge in [-0.05, 0) is 50.3 Å². The number of hydrogen-bond donors (Lipinski definition) is 1. The van der Waals surface area contributed by atoms with Crippen LogP contribution in [0.5, 0.6) is 0 Å². The summed E-state index contributed by atoms with van der Waals surface area (Å²) < 4.78 is 0. The smallest absolute Gasteiger partial charge is 0.0395 e. The first kappa shape index (κ1) is 15.0. The predicted octanol–water partition coefficient (Wildman–Crippen LogP) is 3.51. The van der Waals surface area contributed by atoms with Crippen molar-refractivity contribution < 1.29 is 0 Å². The Hall–Kier alpha value is -1.02. The Morgan fingerprint density at radius 1 is 1.22 bits per heavy atom. The van der Waals surface area contributed by atoms with Gasteiger partial charge in [-0.1, -0.05) is 26.0 Å². The van der Waals surface area contributed by atoms with E-state index in [1.807, 2.05) is 0 Å². The summed E-state index contributed by atoms with van der Waals surface area (Å²) in [5, 5.41) is 0. The highest BCUT2D eigenvalue weighted by molar-refractivity contribution is 5.54. The minimum Gasteiger partial charge on any atom is -0.372 e. The Morgan fingerprint density at radius 2 is 1.89 bits per heavy atom. The molecule has 0 saturated carbocycles. The minimum atomic E-state index is 0.280. The number of benzene rings is 1. The van der Waals surface area contributed by atoms with Crippen LogP contribution >= 0.6 is 0 Å². The number of hydrogen-bond acceptors (Lipinski definition) is 2. The highest BCUT2D eigenvalue weighted by Crippen LogP contribution is 2.23. The Balaban J connectivity index is 2.85. The number of aryl methyl sites for hydroxylation is 1. The molecule has 0 amide bonds. The van der Waals surface area contributed by atoms with Crippen LogP contribution in [0.4, 0.5) is 5.69 Å². The maximum absolute atomic E-state index is 6.01. The lowest BCUT2D eigenvalue weighted by Crippen LogP contribution is -2.28. The molecular formula is C16H28N2. The Labute approximate surface area is 112 Å². The van der Waals surface area contributed by atoms with E-state index < -0.39 is 0 Å². The monoisotopic (exact) mass is 248 g/mol. The molecule has 0 radical (unpaired) electrons. The van der Waals surface area contributed by atoms with Gasteiger partial charge in [0, 0.05) is 24.8 Å². The quantitative estimate of drug-likeness (QED) is 0.834. The third-order valence-corrected chi connectivity index (χ3v) is 3.92. The van der Waals surface area contributed by atoms with Crippen molar-refractivity contribution in [1.29, 1.82) is 0 Å². The number of nitrogens with two attached hydrogens (primary N) is 1. The van der Waals surface area contributed by atoms with Gasteiger partial charge in [-0.25, -0.2) is 0 Å². The number of rotatable bonds is 6. The number of anilines is 1. The molecule has 0 bridgehead atoms. The van der Waals surface area contributed by atoms with Crippen LogP contribution in [0.1, 0.15) is 44.7 Å². The summed E-state index contributed by atoms with van der Waals surface area (Å²) >= 11 is 0. The minimum absolute atomic E-state index is 0.280. The van der Waals surface area contributed by atoms with Gasteiger partial charge in [0.1, 0.15) is 0 Å². The second kappa shape index (κ2) is 6.79.